The average Bonchev–Trinajstić information content (AvgIpc) is 1.68. The van der Waals surface area contributed by atoms with Gasteiger partial charge in [-0.05, 0) is 181 Å². The van der Waals surface area contributed by atoms with Crippen LogP contribution in [0, 0.1) is 34.6 Å². The molecular weight excluding hydrogens is 1360 g/mol. The summed E-state index contributed by atoms with van der Waals surface area (Å²) in [5.74, 6) is 3.33. The predicted molar refractivity (Wildman–Crippen MR) is 406 cm³/mol. The Morgan fingerprint density at radius 3 is 1.28 bits per heavy atom. The fraction of sp³-hybridized carbons (Fsp3) is 0.308. The highest BCUT2D eigenvalue weighted by molar-refractivity contribution is 6.07. The summed E-state index contributed by atoms with van der Waals surface area (Å²) in [5.41, 5.74) is 17.1. The number of pyridine rings is 9. The lowest BCUT2D eigenvalue weighted by molar-refractivity contribution is -0.142. The largest absolute Gasteiger partial charge is 0.408 e. The number of carbonyl (C=O) groups excluding carboxylic acids is 3. The number of nitrogens with zero attached hydrogens (tertiary/aromatic N) is 20. The van der Waals surface area contributed by atoms with Gasteiger partial charge >= 0.3 is 24.3 Å². The van der Waals surface area contributed by atoms with E-state index in [1.54, 1.807) is 48.0 Å². The number of hydrogen-bond acceptors (Lipinski definition) is 18. The minimum absolute atomic E-state index is 0.0480. The van der Waals surface area contributed by atoms with Crippen LogP contribution in [0.5, 0.6) is 0 Å². The van der Waals surface area contributed by atoms with Crippen molar-refractivity contribution in [1.29, 1.82) is 0 Å². The molecule has 0 aliphatic carbocycles. The van der Waals surface area contributed by atoms with E-state index in [1.165, 1.54) is 31.4 Å². The molecule has 3 atom stereocenters. The summed E-state index contributed by atoms with van der Waals surface area (Å²) in [5, 5.41) is 17.3. The van der Waals surface area contributed by atoms with Crippen molar-refractivity contribution in [2.24, 2.45) is 7.05 Å². The van der Waals surface area contributed by atoms with Gasteiger partial charge < -0.3 is 19.6 Å². The second-order valence-electron chi connectivity index (χ2n) is 27.9. The second-order valence-corrected chi connectivity index (χ2v) is 27.9. The van der Waals surface area contributed by atoms with Gasteiger partial charge in [-0.2, -0.15) is 23.4 Å². The van der Waals surface area contributed by atoms with Crippen molar-refractivity contribution in [1.82, 2.24) is 64.4 Å². The number of anilines is 10. The molecule has 0 unspecified atom stereocenters. The number of rotatable bonds is 10. The fourth-order valence-corrected chi connectivity index (χ4v) is 15.5. The van der Waals surface area contributed by atoms with Crippen LogP contribution in [-0.2, 0) is 13.6 Å². The molecule has 0 saturated carbocycles. The lowest BCUT2D eigenvalue weighted by Crippen LogP contribution is -2.48. The topological polar surface area (TPSA) is 262 Å². The van der Waals surface area contributed by atoms with E-state index in [1.807, 2.05) is 141 Å². The standard InChI is InChI=1S/C27H28N8O.C26H23F3N8O.C25H27N7O/c1-16-13-19(7-10-28-16)22-5-6-23-26(30-22)35(21-9-12-34(23)15-21)27(36)31-24-14-20(8-11-29-24)25-17(2)32-33(4)18(25)3;1-16-10-18(5-7-30-16)21-2-3-22-24(33-21)37(20-6-9-35(22)14-20)25(38)34-23-11-17(4-8-31-23)19-12-32-36(13-19)15-26(27,28)29;1-17-14-18(6-9-26-17)21-4-5-22-24(28-21)32(20-8-13-31(22)16-20)25(33)29-23-15-19(7-10-27-23)30-11-2-3-12-30/h5-8,10-11,13-14,21H,9,12,15H2,1-4H3,(H,29,31,36);2-5,7-8,10-13,20H,6,9,14-15H2,1H3,(H,31,34,38);4-7,9-10,14-15,20H,2-3,8,11-13,16H2,1H3,(H,27,29,33)/t21-;2*20-/m000/s1. The molecule has 29 heteroatoms. The van der Waals surface area contributed by atoms with Crippen LogP contribution < -0.4 is 50.2 Å². The highest BCUT2D eigenvalue weighted by Gasteiger charge is 2.44. The summed E-state index contributed by atoms with van der Waals surface area (Å²) in [6.07, 6.45) is 13.6. The highest BCUT2D eigenvalue weighted by Crippen LogP contribution is 2.44. The number of hydrogen-bond donors (Lipinski definition) is 3. The first-order valence-corrected chi connectivity index (χ1v) is 35.9. The molecule has 0 spiro atoms. The normalized spacial score (nSPS) is 17.2. The first-order chi connectivity index (χ1) is 51.8. The van der Waals surface area contributed by atoms with E-state index in [0.717, 1.165) is 166 Å². The predicted octanol–water partition coefficient (Wildman–Crippen LogP) is 13.5. The summed E-state index contributed by atoms with van der Waals surface area (Å²) < 4.78 is 40.8. The van der Waals surface area contributed by atoms with Gasteiger partial charge in [-0.25, -0.2) is 44.3 Å². The van der Waals surface area contributed by atoms with Crippen molar-refractivity contribution in [3.63, 3.8) is 0 Å². The lowest BCUT2D eigenvalue weighted by Gasteiger charge is -2.35. The van der Waals surface area contributed by atoms with E-state index in [-0.39, 0.29) is 42.0 Å². The van der Waals surface area contributed by atoms with E-state index in [4.69, 9.17) is 15.0 Å². The third-order valence-electron chi connectivity index (χ3n) is 20.6. The molecule has 107 heavy (non-hydrogen) atoms. The van der Waals surface area contributed by atoms with Gasteiger partial charge in [-0.15, -0.1) is 0 Å². The van der Waals surface area contributed by atoms with Crippen LogP contribution >= 0.6 is 0 Å². The Balaban J connectivity index is 0.000000123. The number of amides is 6. The molecule has 6 bridgehead atoms. The summed E-state index contributed by atoms with van der Waals surface area (Å²) in [7, 11) is 1.93. The van der Waals surface area contributed by atoms with Gasteiger partial charge in [0.15, 0.2) is 17.5 Å². The number of nitrogens with one attached hydrogen (secondary N) is 3. The van der Waals surface area contributed by atoms with Crippen molar-refractivity contribution >= 4 is 75.8 Å². The van der Waals surface area contributed by atoms with Crippen LogP contribution in [0.25, 0.3) is 56.0 Å². The molecule has 18 heterocycles. The zero-order chi connectivity index (χ0) is 73.8. The minimum Gasteiger partial charge on any atom is -0.371 e. The molecule has 0 aromatic carbocycles. The monoisotopic (exact) mass is 1440 g/mol. The average molecular weight is 1440 g/mol. The fourth-order valence-electron chi connectivity index (χ4n) is 15.5. The molecule has 3 N–H and O–H groups in total. The number of alkyl halides is 3. The summed E-state index contributed by atoms with van der Waals surface area (Å²) in [6, 6.07) is 34.4. The Kier molecular flexibility index (Phi) is 18.4. The molecule has 544 valence electrons. The molecule has 7 aliphatic heterocycles. The SMILES string of the molecule is Cc1cc(-c2ccc3c(n2)N(C(=O)Nc2cc(-c4c(C)nn(C)c4C)ccn2)[C@H]2CCN3C2)ccn1.Cc1cc(-c2ccc3c(n2)N(C(=O)Nc2cc(-c4cnn(CC(F)(F)F)c4)ccn2)[C@H]2CCN3C2)ccn1.Cc1cc(-c2ccc3c(n2)N(C(=O)Nc2cc(N4CCCC4)ccn2)[C@H]2CCN3C2)ccn1. The molecule has 11 aromatic rings. The second kappa shape index (κ2) is 28.6. The Morgan fingerprint density at radius 2 is 0.860 bits per heavy atom. The number of fused-ring (bicyclic) bond motifs is 12. The lowest BCUT2D eigenvalue weighted by atomic mass is 10.1. The van der Waals surface area contributed by atoms with Crippen molar-refractivity contribution in [2.45, 2.75) is 97.6 Å². The summed E-state index contributed by atoms with van der Waals surface area (Å²) >= 11 is 0. The van der Waals surface area contributed by atoms with Gasteiger partial charge in [-0.3, -0.25) is 55.0 Å². The van der Waals surface area contributed by atoms with Crippen LogP contribution in [0.15, 0.2) is 159 Å². The van der Waals surface area contributed by atoms with E-state index in [2.05, 4.69) is 87.8 Å². The van der Waals surface area contributed by atoms with E-state index in [0.29, 0.717) is 46.8 Å². The van der Waals surface area contributed by atoms with E-state index < -0.39 is 12.7 Å². The Bertz CT molecular complexity index is 5230. The smallest absolute Gasteiger partial charge is 0.371 e. The maximum atomic E-state index is 13.7. The number of aryl methyl sites for hydroxylation is 5. The van der Waals surface area contributed by atoms with Gasteiger partial charge in [0.25, 0.3) is 0 Å². The molecule has 0 radical (unpaired) electrons. The van der Waals surface area contributed by atoms with Crippen LogP contribution in [0.1, 0.15) is 60.6 Å². The van der Waals surface area contributed by atoms with Crippen LogP contribution in [0.2, 0.25) is 0 Å². The number of carbonyl (C=O) groups is 3. The molecule has 18 rings (SSSR count). The first-order valence-electron chi connectivity index (χ1n) is 35.9. The van der Waals surface area contributed by atoms with Gasteiger partial charge in [0, 0.05) is 165 Å². The number of halogens is 3. The molecule has 4 fully saturated rings. The molecule has 11 aromatic heterocycles. The minimum atomic E-state index is -4.37. The maximum Gasteiger partial charge on any atom is 0.408 e. The Labute approximate surface area is 615 Å². The molecule has 4 saturated heterocycles. The highest BCUT2D eigenvalue weighted by atomic mass is 19.4. The third-order valence-corrected chi connectivity index (χ3v) is 20.6. The van der Waals surface area contributed by atoms with Gasteiger partial charge in [0.05, 0.1) is 64.2 Å². The zero-order valence-corrected chi connectivity index (χ0v) is 59.9. The van der Waals surface area contributed by atoms with Crippen LogP contribution in [0.3, 0.4) is 0 Å². The zero-order valence-electron chi connectivity index (χ0n) is 59.9. The van der Waals surface area contributed by atoms with E-state index >= 15 is 0 Å². The Hall–Kier alpha value is -12.4. The summed E-state index contributed by atoms with van der Waals surface area (Å²) in [6.45, 7) is 15.8. The van der Waals surface area contributed by atoms with Crippen molar-refractivity contribution in [3.8, 4) is 56.0 Å². The van der Waals surface area contributed by atoms with Crippen molar-refractivity contribution in [3.05, 3.63) is 187 Å². The van der Waals surface area contributed by atoms with Crippen molar-refractivity contribution in [2.75, 3.05) is 103 Å². The first kappa shape index (κ1) is 69.0. The van der Waals surface area contributed by atoms with Crippen LogP contribution in [0.4, 0.5) is 85.2 Å². The number of urea groups is 3. The van der Waals surface area contributed by atoms with Crippen LogP contribution in [-0.4, -0.2) is 159 Å². The van der Waals surface area contributed by atoms with Gasteiger partial charge in [0.2, 0.25) is 0 Å². The molecule has 6 amide bonds. The van der Waals surface area contributed by atoms with Gasteiger partial charge in [-0.1, -0.05) is 0 Å². The molecule has 7 aliphatic rings. The molecular formula is C78H78F3N23O3. The van der Waals surface area contributed by atoms with E-state index in [9.17, 15) is 27.6 Å². The van der Waals surface area contributed by atoms with Gasteiger partial charge in [0.1, 0.15) is 24.0 Å². The van der Waals surface area contributed by atoms with Crippen molar-refractivity contribution < 1.29 is 27.6 Å². The third kappa shape index (κ3) is 14.3. The Morgan fingerprint density at radius 1 is 0.458 bits per heavy atom. The maximum absolute atomic E-state index is 13.7. The number of aromatic nitrogens is 13. The quantitative estimate of drug-likeness (QED) is 0.115. The summed E-state index contributed by atoms with van der Waals surface area (Å²) in [4.78, 5) is 96.1. The molecule has 26 nitrogen and oxygen atoms in total.